The highest BCUT2D eigenvalue weighted by atomic mass is 35.5. The van der Waals surface area contributed by atoms with Crippen molar-refractivity contribution in [3.63, 3.8) is 0 Å². The smallest absolute Gasteiger partial charge is 0.190 e. The van der Waals surface area contributed by atoms with Gasteiger partial charge in [0.1, 0.15) is 11.3 Å². The van der Waals surface area contributed by atoms with Crippen molar-refractivity contribution in [2.24, 2.45) is 17.8 Å². The van der Waals surface area contributed by atoms with Crippen LogP contribution in [0.3, 0.4) is 0 Å². The molecule has 1 saturated carbocycles. The number of halogens is 2. The van der Waals surface area contributed by atoms with Crippen molar-refractivity contribution in [2.45, 2.75) is 57.1 Å². The maximum absolute atomic E-state index is 14.9. The lowest BCUT2D eigenvalue weighted by Gasteiger charge is -2.44. The molecule has 0 N–H and O–H groups in total. The van der Waals surface area contributed by atoms with Crippen LogP contribution in [0.5, 0.6) is 0 Å². The molecule has 3 aliphatic rings. The molecular formula is C20H24ClFN4S. The predicted molar refractivity (Wildman–Crippen MR) is 108 cm³/mol. The summed E-state index contributed by atoms with van der Waals surface area (Å²) in [6, 6.07) is 0.461. The highest BCUT2D eigenvalue weighted by Gasteiger charge is 2.46. The molecule has 0 unspecified atom stereocenters. The molecule has 2 bridgehead atoms. The van der Waals surface area contributed by atoms with Gasteiger partial charge >= 0.3 is 0 Å². The Morgan fingerprint density at radius 2 is 2.07 bits per heavy atom. The second kappa shape index (κ2) is 6.73. The minimum atomic E-state index is -0.511. The summed E-state index contributed by atoms with van der Waals surface area (Å²) in [5.74, 6) is 3.15. The van der Waals surface area contributed by atoms with E-state index in [2.05, 4.69) is 28.7 Å². The van der Waals surface area contributed by atoms with E-state index in [0.29, 0.717) is 28.6 Å². The number of aromatic nitrogens is 3. The Kier molecular flexibility index (Phi) is 4.47. The van der Waals surface area contributed by atoms with Gasteiger partial charge < -0.3 is 4.90 Å². The first kappa shape index (κ1) is 17.9. The van der Waals surface area contributed by atoms with Crippen LogP contribution in [0.2, 0.25) is 5.15 Å². The Labute approximate surface area is 168 Å². The molecule has 0 radical (unpaired) electrons. The van der Waals surface area contributed by atoms with E-state index in [9.17, 15) is 4.39 Å². The summed E-state index contributed by atoms with van der Waals surface area (Å²) in [4.78, 5) is 16.4. The minimum Gasteiger partial charge on any atom is -0.352 e. The van der Waals surface area contributed by atoms with Crippen molar-refractivity contribution in [3.05, 3.63) is 16.7 Å². The number of piperidine rings is 1. The number of thioether (sulfide) groups is 1. The van der Waals surface area contributed by atoms with Gasteiger partial charge in [-0.2, -0.15) is 0 Å². The van der Waals surface area contributed by atoms with Gasteiger partial charge in [-0.15, -0.1) is 0 Å². The Morgan fingerprint density at radius 1 is 1.22 bits per heavy atom. The summed E-state index contributed by atoms with van der Waals surface area (Å²) in [7, 11) is 0. The van der Waals surface area contributed by atoms with Crippen LogP contribution in [0, 0.1) is 23.6 Å². The molecule has 5 rings (SSSR count). The first-order valence-corrected chi connectivity index (χ1v) is 11.4. The van der Waals surface area contributed by atoms with Crippen LogP contribution in [0.25, 0.3) is 10.9 Å². The van der Waals surface area contributed by atoms with E-state index in [1.165, 1.54) is 19.3 Å². The molecule has 0 spiro atoms. The van der Waals surface area contributed by atoms with Crippen LogP contribution in [0.15, 0.2) is 5.16 Å². The molecule has 4 nitrogen and oxygen atoms in total. The molecule has 1 aliphatic carbocycles. The Bertz CT molecular complexity index is 907. The molecule has 2 aromatic rings. The monoisotopic (exact) mass is 406 g/mol. The molecule has 4 atom stereocenters. The highest BCUT2D eigenvalue weighted by molar-refractivity contribution is 7.99. The topological polar surface area (TPSA) is 41.9 Å². The molecule has 2 aromatic heterocycles. The molecule has 0 aromatic carbocycles. The van der Waals surface area contributed by atoms with E-state index >= 15 is 0 Å². The third-order valence-corrected chi connectivity index (χ3v) is 7.65. The summed E-state index contributed by atoms with van der Waals surface area (Å²) < 4.78 is 14.9. The average Bonchev–Trinajstić information content (AvgIpc) is 2.98. The van der Waals surface area contributed by atoms with Gasteiger partial charge in [0.2, 0.25) is 0 Å². The Balaban J connectivity index is 1.79. The summed E-state index contributed by atoms with van der Waals surface area (Å²) >= 11 is 7.73. The van der Waals surface area contributed by atoms with Crippen LogP contribution >= 0.6 is 23.4 Å². The molecule has 7 heteroatoms. The molecule has 2 aliphatic heterocycles. The fraction of sp³-hybridized carbons (Fsp3) is 0.650. The number of fused-ring (bicyclic) bond motifs is 5. The van der Waals surface area contributed by atoms with E-state index in [4.69, 9.17) is 16.6 Å². The van der Waals surface area contributed by atoms with Crippen LogP contribution in [-0.4, -0.2) is 33.3 Å². The fourth-order valence-electron chi connectivity index (χ4n) is 5.59. The van der Waals surface area contributed by atoms with Gasteiger partial charge in [-0.1, -0.05) is 43.6 Å². The largest absolute Gasteiger partial charge is 0.352 e. The fourth-order valence-corrected chi connectivity index (χ4v) is 6.35. The molecule has 1 saturated heterocycles. The lowest BCUT2D eigenvalue weighted by Crippen LogP contribution is -2.50. The molecule has 27 heavy (non-hydrogen) atoms. The van der Waals surface area contributed by atoms with Gasteiger partial charge in [-0.05, 0) is 49.2 Å². The number of hydrogen-bond acceptors (Lipinski definition) is 5. The van der Waals surface area contributed by atoms with Gasteiger partial charge in [-0.3, -0.25) is 0 Å². The maximum atomic E-state index is 14.9. The van der Waals surface area contributed by atoms with Crippen LogP contribution in [0.1, 0.15) is 45.2 Å². The van der Waals surface area contributed by atoms with Crippen LogP contribution in [-0.2, 0) is 6.42 Å². The molecule has 2 fully saturated rings. The number of nitrogens with zero attached hydrogens (tertiary/aromatic N) is 4. The van der Waals surface area contributed by atoms with Gasteiger partial charge in [-0.25, -0.2) is 19.3 Å². The van der Waals surface area contributed by atoms with E-state index in [1.807, 2.05) is 0 Å². The van der Waals surface area contributed by atoms with Crippen molar-refractivity contribution >= 4 is 40.1 Å². The second-order valence-corrected chi connectivity index (χ2v) is 9.69. The van der Waals surface area contributed by atoms with Gasteiger partial charge in [0.25, 0.3) is 0 Å². The first-order valence-electron chi connectivity index (χ1n) is 10.1. The highest BCUT2D eigenvalue weighted by Crippen LogP contribution is 2.49. The van der Waals surface area contributed by atoms with Crippen molar-refractivity contribution < 1.29 is 4.39 Å². The normalized spacial score (nSPS) is 29.1. The van der Waals surface area contributed by atoms with Crippen molar-refractivity contribution in [3.8, 4) is 0 Å². The van der Waals surface area contributed by atoms with Crippen LogP contribution < -0.4 is 4.90 Å². The average molecular weight is 407 g/mol. The van der Waals surface area contributed by atoms with Gasteiger partial charge in [0, 0.05) is 12.6 Å². The molecule has 144 valence electrons. The zero-order valence-corrected chi connectivity index (χ0v) is 17.3. The van der Waals surface area contributed by atoms with Gasteiger partial charge in [0.05, 0.1) is 11.1 Å². The summed E-state index contributed by atoms with van der Waals surface area (Å²) in [6.45, 7) is 5.34. The minimum absolute atomic E-state index is 0.0640. The number of rotatable bonds is 3. The third kappa shape index (κ3) is 2.74. The number of pyridine rings is 1. The zero-order valence-electron chi connectivity index (χ0n) is 15.7. The molecule has 0 amide bonds. The second-order valence-electron chi connectivity index (χ2n) is 8.10. The SMILES string of the molecule is CCSc1nc2c3c(nc(Cl)c(F)c3n1)C[C@@H](CC)[C@H]1[C@@H]3CC[C@@H](C3)CN21. The lowest BCUT2D eigenvalue weighted by atomic mass is 9.80. The predicted octanol–water partition coefficient (Wildman–Crippen LogP) is 5.12. The van der Waals surface area contributed by atoms with Gasteiger partial charge in [0.15, 0.2) is 16.1 Å². The molecule has 4 heterocycles. The van der Waals surface area contributed by atoms with E-state index in [-0.39, 0.29) is 5.15 Å². The quantitative estimate of drug-likeness (QED) is 0.402. The van der Waals surface area contributed by atoms with E-state index < -0.39 is 5.82 Å². The first-order chi connectivity index (χ1) is 13.1. The standard InChI is InChI=1S/C20H24ClFN4S/c1-3-11-8-13-14-16(15(22)18(21)23-13)24-20(27-4-2)25-19(14)26-9-10-5-6-12(7-10)17(11)26/h10-12,17H,3-9H2,1-2H3/t10-,11+,12+,17-/m0/s1. The number of anilines is 1. The maximum Gasteiger partial charge on any atom is 0.190 e. The zero-order chi connectivity index (χ0) is 18.7. The molecular weight excluding hydrogens is 383 g/mol. The van der Waals surface area contributed by atoms with E-state index in [0.717, 1.165) is 48.0 Å². The third-order valence-electron chi connectivity index (χ3n) is 6.67. The van der Waals surface area contributed by atoms with Crippen molar-refractivity contribution in [2.75, 3.05) is 17.2 Å². The summed E-state index contributed by atoms with van der Waals surface area (Å²) in [6.07, 6.45) is 5.83. The Hall–Kier alpha value is -1.14. The lowest BCUT2D eigenvalue weighted by molar-refractivity contribution is 0.247. The Morgan fingerprint density at radius 3 is 2.85 bits per heavy atom. The number of hydrogen-bond donors (Lipinski definition) is 0. The van der Waals surface area contributed by atoms with E-state index in [1.54, 1.807) is 11.8 Å². The van der Waals surface area contributed by atoms with Crippen LogP contribution in [0.4, 0.5) is 10.2 Å². The van der Waals surface area contributed by atoms with Crippen molar-refractivity contribution in [1.82, 2.24) is 15.0 Å². The summed E-state index contributed by atoms with van der Waals surface area (Å²) in [5, 5.41) is 1.36. The summed E-state index contributed by atoms with van der Waals surface area (Å²) in [5.41, 5.74) is 1.22. The van der Waals surface area contributed by atoms with Crippen molar-refractivity contribution in [1.29, 1.82) is 0 Å².